The number of aromatic hydroxyl groups is 2. The van der Waals surface area contributed by atoms with Gasteiger partial charge in [-0.25, -0.2) is 4.79 Å². The second kappa shape index (κ2) is 8.02. The molecule has 0 saturated carbocycles. The van der Waals surface area contributed by atoms with Crippen LogP contribution in [0.4, 0.5) is 0 Å². The quantitative estimate of drug-likeness (QED) is 0.638. The van der Waals surface area contributed by atoms with E-state index < -0.39 is 5.97 Å². The predicted molar refractivity (Wildman–Crippen MR) is 87.4 cm³/mol. The number of carbonyl (C=O) groups is 1. The molecular weight excluding hydrogens is 296 g/mol. The third-order valence-electron chi connectivity index (χ3n) is 4.00. The summed E-state index contributed by atoms with van der Waals surface area (Å²) in [6, 6.07) is 2.57. The summed E-state index contributed by atoms with van der Waals surface area (Å²) in [6.45, 7) is 1.79. The summed E-state index contributed by atoms with van der Waals surface area (Å²) in [5.74, 6) is -1.00. The van der Waals surface area contributed by atoms with Crippen molar-refractivity contribution in [3.8, 4) is 11.5 Å². The second-order valence-corrected chi connectivity index (χ2v) is 6.06. The van der Waals surface area contributed by atoms with Crippen molar-refractivity contribution in [3.63, 3.8) is 0 Å². The highest BCUT2D eigenvalue weighted by molar-refractivity contribution is 5.97. The van der Waals surface area contributed by atoms with Crippen molar-refractivity contribution in [1.29, 1.82) is 0 Å². The van der Waals surface area contributed by atoms with Gasteiger partial charge in [-0.05, 0) is 57.1 Å². The van der Waals surface area contributed by atoms with E-state index in [-0.39, 0.29) is 29.3 Å². The molecule has 1 aliphatic rings. The molecule has 126 valence electrons. The fraction of sp³-hybridized carbons (Fsp3) is 0.500. The molecule has 2 atom stereocenters. The Labute approximate surface area is 136 Å². The van der Waals surface area contributed by atoms with Crippen LogP contribution < -0.4 is 0 Å². The zero-order valence-electron chi connectivity index (χ0n) is 13.4. The van der Waals surface area contributed by atoms with Gasteiger partial charge in [0.1, 0.15) is 17.1 Å². The van der Waals surface area contributed by atoms with E-state index in [0.29, 0.717) is 18.4 Å². The number of benzene rings is 1. The lowest BCUT2D eigenvalue weighted by atomic mass is 10.0. The van der Waals surface area contributed by atoms with Crippen molar-refractivity contribution in [2.45, 2.75) is 57.7 Å². The molecule has 3 N–H and O–H groups in total. The summed E-state index contributed by atoms with van der Waals surface area (Å²) in [7, 11) is 0. The maximum absolute atomic E-state index is 12.3. The smallest absolute Gasteiger partial charge is 0.342 e. The van der Waals surface area contributed by atoms with E-state index in [1.54, 1.807) is 13.0 Å². The van der Waals surface area contributed by atoms with Crippen molar-refractivity contribution >= 4 is 12.0 Å². The number of fused-ring (bicyclic) bond motifs is 1. The van der Waals surface area contributed by atoms with Crippen molar-refractivity contribution in [2.75, 3.05) is 0 Å². The van der Waals surface area contributed by atoms with Gasteiger partial charge in [-0.3, -0.25) is 0 Å². The van der Waals surface area contributed by atoms with Crippen LogP contribution in [-0.4, -0.2) is 33.5 Å². The molecule has 0 bridgehead atoms. The van der Waals surface area contributed by atoms with Crippen molar-refractivity contribution in [3.05, 3.63) is 29.3 Å². The zero-order chi connectivity index (χ0) is 16.8. The lowest BCUT2D eigenvalue weighted by molar-refractivity contribution is 0.0307. The minimum Gasteiger partial charge on any atom is -0.508 e. The summed E-state index contributed by atoms with van der Waals surface area (Å²) in [6.07, 6.45) is 7.39. The number of esters is 1. The van der Waals surface area contributed by atoms with Gasteiger partial charge in [-0.1, -0.05) is 12.2 Å². The molecule has 1 aromatic rings. The van der Waals surface area contributed by atoms with E-state index in [9.17, 15) is 20.1 Å². The second-order valence-electron chi connectivity index (χ2n) is 6.06. The Balaban J connectivity index is 2.30. The Morgan fingerprint density at radius 1 is 1.13 bits per heavy atom. The fourth-order valence-corrected chi connectivity index (χ4v) is 2.75. The molecule has 1 aromatic carbocycles. The number of allylic oxidation sites excluding steroid dienone is 1. The lowest BCUT2D eigenvalue weighted by Gasteiger charge is -2.17. The standard InChI is InChI=1S/C18H24O5/c1-12-6-5-9-14(19)8-4-2-3-7-13-10-15(20)11-16(21)17(13)18(22)23-12/h3,7,10-12,14,19-21H,2,4-6,8-9H2,1H3/b7-3-/t12-,14+/m1/s1. The number of rotatable bonds is 0. The molecule has 5 heteroatoms. The van der Waals surface area contributed by atoms with Gasteiger partial charge >= 0.3 is 5.97 Å². The van der Waals surface area contributed by atoms with Crippen molar-refractivity contribution < 1.29 is 24.9 Å². The van der Waals surface area contributed by atoms with Gasteiger partial charge in [0.05, 0.1) is 12.2 Å². The first-order valence-electron chi connectivity index (χ1n) is 8.09. The average Bonchev–Trinajstić information content (AvgIpc) is 2.45. The van der Waals surface area contributed by atoms with Crippen LogP contribution in [0.15, 0.2) is 18.2 Å². The number of aliphatic hydroxyl groups is 1. The van der Waals surface area contributed by atoms with Gasteiger partial charge in [-0.15, -0.1) is 0 Å². The third-order valence-corrected chi connectivity index (χ3v) is 4.00. The van der Waals surface area contributed by atoms with Crippen LogP contribution in [0.25, 0.3) is 6.08 Å². The Kier molecular flexibility index (Phi) is 6.04. The summed E-state index contributed by atoms with van der Waals surface area (Å²) in [5.41, 5.74) is 0.500. The van der Waals surface area contributed by atoms with Crippen LogP contribution in [0.1, 0.15) is 61.4 Å². The maximum atomic E-state index is 12.3. The molecule has 5 nitrogen and oxygen atoms in total. The van der Waals surface area contributed by atoms with Crippen LogP contribution in [0, 0.1) is 0 Å². The van der Waals surface area contributed by atoms with Gasteiger partial charge in [0.2, 0.25) is 0 Å². The highest BCUT2D eigenvalue weighted by Gasteiger charge is 2.20. The molecule has 23 heavy (non-hydrogen) atoms. The van der Waals surface area contributed by atoms with E-state index in [2.05, 4.69) is 0 Å². The van der Waals surface area contributed by atoms with E-state index in [1.807, 2.05) is 6.08 Å². The molecule has 0 saturated heterocycles. The number of carbonyl (C=O) groups excluding carboxylic acids is 1. The first kappa shape index (κ1) is 17.3. The predicted octanol–water partition coefficient (Wildman–Crippen LogP) is 3.37. The highest BCUT2D eigenvalue weighted by atomic mass is 16.5. The van der Waals surface area contributed by atoms with Crippen LogP contribution >= 0.6 is 0 Å². The Morgan fingerprint density at radius 2 is 1.87 bits per heavy atom. The van der Waals surface area contributed by atoms with Gasteiger partial charge in [0.25, 0.3) is 0 Å². The van der Waals surface area contributed by atoms with Gasteiger partial charge < -0.3 is 20.1 Å². The minimum absolute atomic E-state index is 0.0722. The average molecular weight is 320 g/mol. The number of aliphatic hydroxyl groups excluding tert-OH is 1. The summed E-state index contributed by atoms with van der Waals surface area (Å²) in [5, 5.41) is 29.5. The first-order valence-corrected chi connectivity index (χ1v) is 8.09. The van der Waals surface area contributed by atoms with Crippen molar-refractivity contribution in [1.82, 2.24) is 0 Å². The number of phenolic OH excluding ortho intramolecular Hbond substituents is 2. The van der Waals surface area contributed by atoms with Crippen molar-refractivity contribution in [2.24, 2.45) is 0 Å². The molecule has 0 aliphatic carbocycles. The SMILES string of the molecule is C[C@@H]1CCC[C@@H](O)CCC/C=C\c2cc(O)cc(O)c2C(=O)O1. The number of hydrogen-bond acceptors (Lipinski definition) is 5. The maximum Gasteiger partial charge on any atom is 0.342 e. The van der Waals surface area contributed by atoms with E-state index >= 15 is 0 Å². The molecule has 1 heterocycles. The molecule has 0 amide bonds. The summed E-state index contributed by atoms with van der Waals surface area (Å²) >= 11 is 0. The first-order chi connectivity index (χ1) is 11.0. The molecule has 0 fully saturated rings. The number of phenols is 2. The van der Waals surface area contributed by atoms with E-state index in [4.69, 9.17) is 4.74 Å². The van der Waals surface area contributed by atoms with Gasteiger partial charge in [0.15, 0.2) is 0 Å². The molecule has 2 rings (SSSR count). The normalized spacial score (nSPS) is 25.0. The van der Waals surface area contributed by atoms with E-state index in [0.717, 1.165) is 31.7 Å². The minimum atomic E-state index is -0.604. The zero-order valence-corrected chi connectivity index (χ0v) is 13.4. The molecule has 0 unspecified atom stereocenters. The monoisotopic (exact) mass is 320 g/mol. The van der Waals surface area contributed by atoms with Crippen LogP contribution in [0.3, 0.4) is 0 Å². The van der Waals surface area contributed by atoms with Crippen LogP contribution in [-0.2, 0) is 4.74 Å². The molecular formula is C18H24O5. The lowest BCUT2D eigenvalue weighted by Crippen LogP contribution is -2.17. The number of cyclic esters (lactones) is 1. The summed E-state index contributed by atoms with van der Waals surface area (Å²) in [4.78, 5) is 12.3. The molecule has 0 aromatic heterocycles. The topological polar surface area (TPSA) is 87.0 Å². The van der Waals surface area contributed by atoms with Crippen LogP contribution in [0.5, 0.6) is 11.5 Å². The Hall–Kier alpha value is -2.01. The van der Waals surface area contributed by atoms with Gasteiger partial charge in [-0.2, -0.15) is 0 Å². The Bertz CT molecular complexity index is 579. The molecule has 1 aliphatic heterocycles. The molecule has 0 spiro atoms. The third kappa shape index (κ3) is 4.99. The number of hydrogen-bond donors (Lipinski definition) is 3. The Morgan fingerprint density at radius 3 is 2.65 bits per heavy atom. The highest BCUT2D eigenvalue weighted by Crippen LogP contribution is 2.30. The number of ether oxygens (including phenoxy) is 1. The van der Waals surface area contributed by atoms with Gasteiger partial charge in [0, 0.05) is 6.07 Å². The largest absolute Gasteiger partial charge is 0.508 e. The molecule has 0 radical (unpaired) electrons. The van der Waals surface area contributed by atoms with E-state index in [1.165, 1.54) is 6.07 Å². The summed E-state index contributed by atoms with van der Waals surface area (Å²) < 4.78 is 5.38. The fourth-order valence-electron chi connectivity index (χ4n) is 2.75. The van der Waals surface area contributed by atoms with Crippen LogP contribution in [0.2, 0.25) is 0 Å².